The van der Waals surface area contributed by atoms with Gasteiger partial charge in [-0.2, -0.15) is 5.10 Å². The fourth-order valence-electron chi connectivity index (χ4n) is 2.13. The minimum atomic E-state index is -0.103. The molecule has 0 saturated carbocycles. The Morgan fingerprint density at radius 1 is 1.38 bits per heavy atom. The fourth-order valence-corrected chi connectivity index (χ4v) is 3.54. The molecule has 2 aromatic heterocycles. The van der Waals surface area contributed by atoms with E-state index in [1.165, 1.54) is 14.4 Å². The third-order valence-corrected chi connectivity index (χ3v) is 4.93. The summed E-state index contributed by atoms with van der Waals surface area (Å²) in [5.74, 6) is 0. The third kappa shape index (κ3) is 3.95. The SMILES string of the molecule is Cc1ccc(CC(C)Nc2cnn(C(C)C)c(=O)c2Br)s1. The number of rotatable bonds is 5. The van der Waals surface area contributed by atoms with Crippen LogP contribution in [0.3, 0.4) is 0 Å². The van der Waals surface area contributed by atoms with Crippen molar-refractivity contribution in [3.63, 3.8) is 0 Å². The highest BCUT2D eigenvalue weighted by Crippen LogP contribution is 2.21. The Morgan fingerprint density at radius 3 is 2.67 bits per heavy atom. The Bertz CT molecular complexity index is 678. The number of nitrogens with zero attached hydrogens (tertiary/aromatic N) is 2. The van der Waals surface area contributed by atoms with Crippen LogP contribution in [-0.4, -0.2) is 15.8 Å². The molecule has 0 aliphatic rings. The molecule has 1 unspecified atom stereocenters. The fraction of sp³-hybridized carbons (Fsp3) is 0.467. The lowest BCUT2D eigenvalue weighted by Gasteiger charge is -2.17. The average Bonchev–Trinajstić information content (AvgIpc) is 2.80. The molecule has 0 spiro atoms. The highest BCUT2D eigenvalue weighted by Gasteiger charge is 2.13. The van der Waals surface area contributed by atoms with Crippen molar-refractivity contribution < 1.29 is 0 Å². The van der Waals surface area contributed by atoms with Gasteiger partial charge < -0.3 is 5.32 Å². The van der Waals surface area contributed by atoms with E-state index in [1.807, 2.05) is 25.2 Å². The zero-order valence-corrected chi connectivity index (χ0v) is 15.1. The van der Waals surface area contributed by atoms with Gasteiger partial charge >= 0.3 is 0 Å². The molecule has 4 nitrogen and oxygen atoms in total. The molecule has 0 amide bonds. The van der Waals surface area contributed by atoms with Crippen molar-refractivity contribution in [3.8, 4) is 0 Å². The summed E-state index contributed by atoms with van der Waals surface area (Å²) in [7, 11) is 0. The smallest absolute Gasteiger partial charge is 0.283 e. The van der Waals surface area contributed by atoms with E-state index in [0.717, 1.165) is 12.1 Å². The maximum Gasteiger partial charge on any atom is 0.283 e. The molecule has 21 heavy (non-hydrogen) atoms. The first kappa shape index (κ1) is 16.2. The van der Waals surface area contributed by atoms with Gasteiger partial charge in [-0.3, -0.25) is 4.79 Å². The molecule has 0 aliphatic heterocycles. The quantitative estimate of drug-likeness (QED) is 0.866. The van der Waals surface area contributed by atoms with Crippen LogP contribution >= 0.6 is 27.3 Å². The monoisotopic (exact) mass is 369 g/mol. The van der Waals surface area contributed by atoms with Crippen LogP contribution in [0.15, 0.2) is 27.6 Å². The number of aromatic nitrogens is 2. The lowest BCUT2D eigenvalue weighted by Crippen LogP contribution is -2.27. The standard InChI is InChI=1S/C15H20BrN3OS/c1-9(2)19-15(20)14(16)13(8-17-19)18-10(3)7-12-6-5-11(4)21-12/h5-6,8-10,18H,7H2,1-4H3. The number of thiophene rings is 1. The predicted molar refractivity (Wildman–Crippen MR) is 92.4 cm³/mol. The summed E-state index contributed by atoms with van der Waals surface area (Å²) >= 11 is 5.19. The summed E-state index contributed by atoms with van der Waals surface area (Å²) in [6, 6.07) is 4.57. The molecule has 1 atom stereocenters. The lowest BCUT2D eigenvalue weighted by molar-refractivity contribution is 0.501. The summed E-state index contributed by atoms with van der Waals surface area (Å²) in [5, 5.41) is 7.58. The molecule has 2 heterocycles. The zero-order valence-electron chi connectivity index (χ0n) is 12.7. The van der Waals surface area contributed by atoms with Gasteiger partial charge in [0.1, 0.15) is 4.47 Å². The minimum absolute atomic E-state index is 0.0503. The molecule has 0 aromatic carbocycles. The van der Waals surface area contributed by atoms with Gasteiger partial charge in [0.05, 0.1) is 17.9 Å². The maximum atomic E-state index is 12.2. The van der Waals surface area contributed by atoms with Crippen LogP contribution in [0.1, 0.15) is 36.6 Å². The van der Waals surface area contributed by atoms with Crippen molar-refractivity contribution in [2.75, 3.05) is 5.32 Å². The summed E-state index contributed by atoms with van der Waals surface area (Å²) in [6.07, 6.45) is 2.64. The molecular formula is C15H20BrN3OS. The molecule has 0 saturated heterocycles. The van der Waals surface area contributed by atoms with E-state index in [9.17, 15) is 4.79 Å². The number of anilines is 1. The summed E-state index contributed by atoms with van der Waals surface area (Å²) in [5.41, 5.74) is 0.645. The second kappa shape index (κ2) is 6.75. The van der Waals surface area contributed by atoms with Gasteiger partial charge in [-0.15, -0.1) is 11.3 Å². The van der Waals surface area contributed by atoms with E-state index in [0.29, 0.717) is 4.47 Å². The highest BCUT2D eigenvalue weighted by molar-refractivity contribution is 9.10. The molecule has 0 fully saturated rings. The van der Waals surface area contributed by atoms with Gasteiger partial charge in [0.15, 0.2) is 0 Å². The molecule has 0 aliphatic carbocycles. The van der Waals surface area contributed by atoms with Crippen molar-refractivity contribution in [1.29, 1.82) is 0 Å². The highest BCUT2D eigenvalue weighted by atomic mass is 79.9. The Kier molecular flexibility index (Phi) is 5.22. The van der Waals surface area contributed by atoms with Crippen molar-refractivity contribution in [1.82, 2.24) is 9.78 Å². The van der Waals surface area contributed by atoms with E-state index in [1.54, 1.807) is 6.20 Å². The molecule has 1 N–H and O–H groups in total. The van der Waals surface area contributed by atoms with E-state index >= 15 is 0 Å². The number of hydrogen-bond acceptors (Lipinski definition) is 4. The van der Waals surface area contributed by atoms with Gasteiger partial charge in [0.2, 0.25) is 0 Å². The third-order valence-electron chi connectivity index (χ3n) is 3.14. The topological polar surface area (TPSA) is 46.9 Å². The molecular weight excluding hydrogens is 350 g/mol. The van der Waals surface area contributed by atoms with Crippen LogP contribution in [0.25, 0.3) is 0 Å². The first-order chi connectivity index (χ1) is 9.88. The summed E-state index contributed by atoms with van der Waals surface area (Å²) in [4.78, 5) is 14.8. The van der Waals surface area contributed by atoms with Crippen molar-refractivity contribution >= 4 is 33.0 Å². The Morgan fingerprint density at radius 2 is 2.10 bits per heavy atom. The molecule has 2 rings (SSSR count). The molecule has 6 heteroatoms. The Hall–Kier alpha value is -1.14. The Balaban J connectivity index is 2.12. The number of halogens is 1. The summed E-state index contributed by atoms with van der Waals surface area (Å²) in [6.45, 7) is 8.10. The zero-order chi connectivity index (χ0) is 15.6. The minimum Gasteiger partial charge on any atom is -0.380 e. The maximum absolute atomic E-state index is 12.2. The summed E-state index contributed by atoms with van der Waals surface area (Å²) < 4.78 is 2.02. The first-order valence-electron chi connectivity index (χ1n) is 6.97. The Labute approximate surface area is 137 Å². The van der Waals surface area contributed by atoms with Crippen LogP contribution < -0.4 is 10.9 Å². The second-order valence-electron chi connectivity index (χ2n) is 5.48. The van der Waals surface area contributed by atoms with Crippen LogP contribution in [0.5, 0.6) is 0 Å². The van der Waals surface area contributed by atoms with Gasteiger partial charge in [0.25, 0.3) is 5.56 Å². The first-order valence-corrected chi connectivity index (χ1v) is 8.58. The second-order valence-corrected chi connectivity index (χ2v) is 7.64. The van der Waals surface area contributed by atoms with Gasteiger partial charge in [-0.05, 0) is 55.8 Å². The van der Waals surface area contributed by atoms with Crippen molar-refractivity contribution in [2.24, 2.45) is 0 Å². The van der Waals surface area contributed by atoms with Crippen molar-refractivity contribution in [2.45, 2.75) is 46.2 Å². The molecule has 2 aromatic rings. The van der Waals surface area contributed by atoms with E-state index in [-0.39, 0.29) is 17.6 Å². The van der Waals surface area contributed by atoms with Crippen LogP contribution in [-0.2, 0) is 6.42 Å². The van der Waals surface area contributed by atoms with Crippen LogP contribution in [0.4, 0.5) is 5.69 Å². The molecule has 114 valence electrons. The molecule has 0 radical (unpaired) electrons. The van der Waals surface area contributed by atoms with Crippen molar-refractivity contribution in [3.05, 3.63) is 42.9 Å². The largest absolute Gasteiger partial charge is 0.380 e. The van der Waals surface area contributed by atoms with Crippen LogP contribution in [0, 0.1) is 6.92 Å². The van der Waals surface area contributed by atoms with E-state index in [4.69, 9.17) is 0 Å². The number of aryl methyl sites for hydroxylation is 1. The predicted octanol–water partition coefficient (Wildman–Crippen LogP) is 4.00. The van der Waals surface area contributed by atoms with E-state index < -0.39 is 0 Å². The van der Waals surface area contributed by atoms with E-state index in [2.05, 4.69) is 52.3 Å². The average molecular weight is 370 g/mol. The lowest BCUT2D eigenvalue weighted by atomic mass is 10.2. The van der Waals surface area contributed by atoms with Gasteiger partial charge in [0, 0.05) is 22.2 Å². The normalized spacial score (nSPS) is 12.7. The van der Waals surface area contributed by atoms with Gasteiger partial charge in [-0.1, -0.05) is 0 Å². The van der Waals surface area contributed by atoms with Crippen LogP contribution in [0.2, 0.25) is 0 Å². The number of hydrogen-bond donors (Lipinski definition) is 1. The van der Waals surface area contributed by atoms with Gasteiger partial charge in [-0.25, -0.2) is 4.68 Å². The molecule has 0 bridgehead atoms. The number of nitrogens with one attached hydrogen (secondary N) is 1.